The average Bonchev–Trinajstić information content (AvgIpc) is 3.31. The number of hydrogen-bond acceptors (Lipinski definition) is 4. The van der Waals surface area contributed by atoms with E-state index in [-0.39, 0.29) is 5.41 Å². The molecule has 0 amide bonds. The van der Waals surface area contributed by atoms with Crippen LogP contribution in [0.2, 0.25) is 0 Å². The summed E-state index contributed by atoms with van der Waals surface area (Å²) in [4.78, 5) is 19.3. The molecular weight excluding hydrogens is 717 g/mol. The first-order chi connectivity index (χ1) is 29.0. The van der Waals surface area contributed by atoms with Crippen molar-refractivity contribution in [2.24, 2.45) is 0 Å². The van der Waals surface area contributed by atoms with E-state index in [2.05, 4.69) is 182 Å². The van der Waals surface area contributed by atoms with Gasteiger partial charge in [-0.2, -0.15) is 0 Å². The van der Waals surface area contributed by atoms with Gasteiger partial charge in [0, 0.05) is 50.8 Å². The van der Waals surface area contributed by atoms with Crippen LogP contribution >= 0.6 is 0 Å². The van der Waals surface area contributed by atoms with Crippen LogP contribution in [-0.2, 0) is 5.41 Å². The fourth-order valence-corrected chi connectivity index (χ4v) is 8.11. The van der Waals surface area contributed by atoms with Gasteiger partial charge in [-0.15, -0.1) is 0 Å². The predicted octanol–water partition coefficient (Wildman–Crippen LogP) is 13.9. The van der Waals surface area contributed by atoms with Gasteiger partial charge in [-0.25, -0.2) is 9.97 Å². The largest absolute Gasteiger partial charge is 0.256 e. The molecule has 0 saturated carbocycles. The van der Waals surface area contributed by atoms with Gasteiger partial charge in [0.1, 0.15) is 0 Å². The van der Waals surface area contributed by atoms with Crippen LogP contribution in [0, 0.1) is 0 Å². The highest BCUT2D eigenvalue weighted by Crippen LogP contribution is 2.37. The smallest absolute Gasteiger partial charge is 0.0716 e. The third kappa shape index (κ3) is 6.96. The zero-order valence-electron chi connectivity index (χ0n) is 32.9. The minimum atomic E-state index is -0.176. The highest BCUT2D eigenvalue weighted by molar-refractivity contribution is 5.97. The molecule has 0 aliphatic rings. The van der Waals surface area contributed by atoms with Crippen LogP contribution in [0.25, 0.3) is 89.1 Å². The molecule has 4 nitrogen and oxygen atoms in total. The Morgan fingerprint density at radius 1 is 0.322 bits per heavy atom. The molecule has 0 unspecified atom stereocenters. The summed E-state index contributed by atoms with van der Waals surface area (Å²) in [5.74, 6) is 0. The van der Waals surface area contributed by atoms with E-state index in [1.807, 2.05) is 48.8 Å². The van der Waals surface area contributed by atoms with Crippen molar-refractivity contribution in [2.45, 2.75) is 19.3 Å². The summed E-state index contributed by atoms with van der Waals surface area (Å²) in [6.07, 6.45) is 3.68. The molecule has 0 radical (unpaired) electrons. The van der Waals surface area contributed by atoms with Crippen LogP contribution in [0.1, 0.15) is 25.0 Å². The highest BCUT2D eigenvalue weighted by Gasteiger charge is 2.23. The molecule has 0 spiro atoms. The minimum Gasteiger partial charge on any atom is -0.256 e. The maximum absolute atomic E-state index is 5.03. The molecule has 0 N–H and O–H groups in total. The second-order valence-electron chi connectivity index (χ2n) is 15.5. The predicted molar refractivity (Wildman–Crippen MR) is 244 cm³/mol. The van der Waals surface area contributed by atoms with E-state index in [0.29, 0.717) is 0 Å². The topological polar surface area (TPSA) is 51.6 Å². The maximum atomic E-state index is 5.03. The Bertz CT molecular complexity index is 2850. The molecule has 0 fully saturated rings. The van der Waals surface area contributed by atoms with Gasteiger partial charge in [-0.3, -0.25) is 9.97 Å². The van der Waals surface area contributed by atoms with Gasteiger partial charge in [-0.05, 0) is 81.9 Å². The number of hydrogen-bond donors (Lipinski definition) is 0. The van der Waals surface area contributed by atoms with E-state index in [9.17, 15) is 0 Å². The van der Waals surface area contributed by atoms with Gasteiger partial charge in [-0.1, -0.05) is 159 Å². The lowest BCUT2D eigenvalue weighted by molar-refractivity contribution is 0.641. The van der Waals surface area contributed by atoms with Crippen molar-refractivity contribution in [3.05, 3.63) is 218 Å². The van der Waals surface area contributed by atoms with Gasteiger partial charge in [0.15, 0.2) is 0 Å². The molecule has 0 saturated heterocycles. The lowest BCUT2D eigenvalue weighted by Gasteiger charge is -2.26. The molecule has 4 heterocycles. The first-order valence-electron chi connectivity index (χ1n) is 20.0. The van der Waals surface area contributed by atoms with E-state index in [1.165, 1.54) is 33.4 Å². The third-order valence-corrected chi connectivity index (χ3v) is 11.6. The number of fused-ring (bicyclic) bond motifs is 2. The average molecular weight is 757 g/mol. The summed E-state index contributed by atoms with van der Waals surface area (Å²) in [7, 11) is 0. The van der Waals surface area contributed by atoms with Crippen LogP contribution in [0.3, 0.4) is 0 Å². The number of benzene rings is 6. The number of aromatic nitrogens is 4. The fourth-order valence-electron chi connectivity index (χ4n) is 8.11. The molecule has 59 heavy (non-hydrogen) atoms. The van der Waals surface area contributed by atoms with Crippen LogP contribution in [-0.4, -0.2) is 19.9 Å². The number of pyridine rings is 4. The molecule has 6 aromatic carbocycles. The highest BCUT2D eigenvalue weighted by atomic mass is 14.7. The normalized spacial score (nSPS) is 11.6. The Balaban J connectivity index is 0.859. The van der Waals surface area contributed by atoms with Gasteiger partial charge in [0.25, 0.3) is 0 Å². The standard InChI is InChI=1S/C55H40N4/c1-55(2,43-29-25-39(26-30-43)37-17-21-41(22-18-37)53-35-47(49-13-7-9-33-56-49)45-11-3-5-15-51(45)58-53)44-31-27-40(28-32-44)38-19-23-42(24-20-38)54-36-48(50-14-8-10-34-57-50)46-12-4-6-16-52(46)59-54/h3-36H,1-2H3. The Hall–Kier alpha value is -7.56. The Morgan fingerprint density at radius 3 is 1.03 bits per heavy atom. The summed E-state index contributed by atoms with van der Waals surface area (Å²) in [5.41, 5.74) is 17.1. The van der Waals surface area contributed by atoms with Crippen molar-refractivity contribution in [2.75, 3.05) is 0 Å². The molecular formula is C55H40N4. The second-order valence-corrected chi connectivity index (χ2v) is 15.5. The molecule has 4 aromatic heterocycles. The lowest BCUT2D eigenvalue weighted by atomic mass is 9.77. The van der Waals surface area contributed by atoms with Crippen LogP contribution < -0.4 is 0 Å². The number of rotatable bonds is 8. The molecule has 0 aliphatic heterocycles. The summed E-state index contributed by atoms with van der Waals surface area (Å²) in [6.45, 7) is 4.60. The van der Waals surface area contributed by atoms with E-state index in [4.69, 9.17) is 9.97 Å². The first kappa shape index (κ1) is 35.8. The van der Waals surface area contributed by atoms with Crippen molar-refractivity contribution < 1.29 is 0 Å². The van der Waals surface area contributed by atoms with Gasteiger partial charge in [0.2, 0.25) is 0 Å². The van der Waals surface area contributed by atoms with Crippen molar-refractivity contribution in [3.8, 4) is 67.3 Å². The van der Waals surface area contributed by atoms with Crippen LogP contribution in [0.5, 0.6) is 0 Å². The molecule has 0 bridgehead atoms. The lowest BCUT2D eigenvalue weighted by Crippen LogP contribution is -2.18. The fraction of sp³-hybridized carbons (Fsp3) is 0.0545. The SMILES string of the molecule is CC(C)(c1ccc(-c2ccc(-c3cc(-c4ccccn4)c4ccccc4n3)cc2)cc1)c1ccc(-c2ccc(-c3cc(-c4ccccn4)c4ccccc4n3)cc2)cc1. The molecule has 10 rings (SSSR count). The Labute approximate surface area is 344 Å². The molecule has 0 atom stereocenters. The quantitative estimate of drug-likeness (QED) is 0.155. The Morgan fingerprint density at radius 2 is 0.661 bits per heavy atom. The van der Waals surface area contributed by atoms with E-state index >= 15 is 0 Å². The molecule has 280 valence electrons. The summed E-state index contributed by atoms with van der Waals surface area (Å²) < 4.78 is 0. The van der Waals surface area contributed by atoms with Crippen LogP contribution in [0.4, 0.5) is 0 Å². The second kappa shape index (κ2) is 15.1. The Kier molecular flexibility index (Phi) is 9.15. The molecule has 0 aliphatic carbocycles. The van der Waals surface area contributed by atoms with E-state index in [1.54, 1.807) is 0 Å². The van der Waals surface area contributed by atoms with Crippen LogP contribution in [0.15, 0.2) is 207 Å². The number of para-hydroxylation sites is 2. The molecule has 10 aromatic rings. The number of nitrogens with zero attached hydrogens (tertiary/aromatic N) is 4. The third-order valence-electron chi connectivity index (χ3n) is 11.6. The monoisotopic (exact) mass is 756 g/mol. The molecule has 4 heteroatoms. The summed E-state index contributed by atoms with van der Waals surface area (Å²) >= 11 is 0. The van der Waals surface area contributed by atoms with Crippen molar-refractivity contribution in [1.82, 2.24) is 19.9 Å². The summed E-state index contributed by atoms with van der Waals surface area (Å²) in [5, 5.41) is 2.20. The summed E-state index contributed by atoms with van der Waals surface area (Å²) in [6, 6.07) is 68.4. The zero-order valence-corrected chi connectivity index (χ0v) is 32.9. The first-order valence-corrected chi connectivity index (χ1v) is 20.0. The van der Waals surface area contributed by atoms with E-state index in [0.717, 1.165) is 66.8 Å². The van der Waals surface area contributed by atoms with Gasteiger partial charge in [0.05, 0.1) is 33.8 Å². The van der Waals surface area contributed by atoms with Gasteiger partial charge < -0.3 is 0 Å². The van der Waals surface area contributed by atoms with Crippen molar-refractivity contribution in [3.63, 3.8) is 0 Å². The van der Waals surface area contributed by atoms with E-state index < -0.39 is 0 Å². The maximum Gasteiger partial charge on any atom is 0.0716 e. The van der Waals surface area contributed by atoms with Gasteiger partial charge >= 0.3 is 0 Å². The minimum absolute atomic E-state index is 0.176. The van der Waals surface area contributed by atoms with Crippen molar-refractivity contribution >= 4 is 21.8 Å². The zero-order chi connectivity index (χ0) is 39.8. The van der Waals surface area contributed by atoms with Crippen molar-refractivity contribution in [1.29, 1.82) is 0 Å².